The van der Waals surface area contributed by atoms with Crippen LogP contribution in [0.5, 0.6) is 11.5 Å². The molecule has 0 fully saturated rings. The van der Waals surface area contributed by atoms with Crippen LogP contribution >= 0.6 is 0 Å². The Hall–Kier alpha value is -1.48. The van der Waals surface area contributed by atoms with E-state index in [1.807, 2.05) is 18.2 Å². The molecule has 0 spiro atoms. The minimum absolute atomic E-state index is 0.860. The summed E-state index contributed by atoms with van der Waals surface area (Å²) in [6.07, 6.45) is 2.18. The Balaban J connectivity index is 2.41. The molecule has 0 radical (unpaired) electrons. The highest BCUT2D eigenvalue weighted by Crippen LogP contribution is 2.30. The molecule has 3 heteroatoms. The van der Waals surface area contributed by atoms with E-state index in [2.05, 4.69) is 11.4 Å². The lowest BCUT2D eigenvalue weighted by molar-refractivity contribution is 0.402. The summed E-state index contributed by atoms with van der Waals surface area (Å²) in [5.74, 6) is 1.75. The van der Waals surface area contributed by atoms with Gasteiger partial charge in [-0.05, 0) is 23.8 Å². The van der Waals surface area contributed by atoms with Crippen LogP contribution in [0.15, 0.2) is 24.3 Å². The van der Waals surface area contributed by atoms with Crippen molar-refractivity contribution in [3.8, 4) is 11.5 Å². The van der Waals surface area contributed by atoms with Gasteiger partial charge in [-0.1, -0.05) is 6.08 Å². The number of ether oxygens (including phenoxy) is 2. The van der Waals surface area contributed by atoms with E-state index in [0.717, 1.165) is 30.2 Å². The molecule has 2 rings (SSSR count). The second-order valence-electron chi connectivity index (χ2n) is 3.43. The van der Waals surface area contributed by atoms with Crippen LogP contribution in [0.3, 0.4) is 0 Å². The van der Waals surface area contributed by atoms with Crippen molar-refractivity contribution in [3.05, 3.63) is 29.8 Å². The monoisotopic (exact) mass is 205 g/mol. The van der Waals surface area contributed by atoms with Gasteiger partial charge in [0.05, 0.1) is 14.2 Å². The molecule has 1 aromatic carbocycles. The molecule has 1 aliphatic heterocycles. The Morgan fingerprint density at radius 1 is 1.20 bits per heavy atom. The van der Waals surface area contributed by atoms with Crippen LogP contribution in [-0.2, 0) is 0 Å². The molecule has 1 aromatic rings. The van der Waals surface area contributed by atoms with Gasteiger partial charge in [0.15, 0.2) is 0 Å². The van der Waals surface area contributed by atoms with Crippen molar-refractivity contribution in [2.45, 2.75) is 0 Å². The number of rotatable bonds is 3. The average molecular weight is 205 g/mol. The first-order valence-corrected chi connectivity index (χ1v) is 4.97. The maximum Gasteiger partial charge on any atom is 0.126 e. The molecule has 1 heterocycles. The Bertz CT molecular complexity index is 385. The standard InChI is InChI=1S/C12H15NO2/c1-14-10-3-4-12(15-2)11(7-10)9-5-6-13-8-9/h3-5,7,13H,6,8H2,1-2H3. The zero-order valence-electron chi connectivity index (χ0n) is 9.04. The van der Waals surface area contributed by atoms with E-state index < -0.39 is 0 Å². The molecule has 15 heavy (non-hydrogen) atoms. The summed E-state index contributed by atoms with van der Waals surface area (Å²) >= 11 is 0. The minimum atomic E-state index is 0.860. The lowest BCUT2D eigenvalue weighted by Crippen LogP contribution is -2.08. The summed E-state index contributed by atoms with van der Waals surface area (Å²) in [5.41, 5.74) is 2.38. The van der Waals surface area contributed by atoms with Crippen molar-refractivity contribution >= 4 is 5.57 Å². The van der Waals surface area contributed by atoms with Crippen molar-refractivity contribution in [2.75, 3.05) is 27.3 Å². The summed E-state index contributed by atoms with van der Waals surface area (Å²) in [6.45, 7) is 1.82. The van der Waals surface area contributed by atoms with E-state index in [4.69, 9.17) is 9.47 Å². The maximum atomic E-state index is 5.33. The lowest BCUT2D eigenvalue weighted by atomic mass is 10.1. The first kappa shape index (κ1) is 10.1. The molecule has 80 valence electrons. The Kier molecular flexibility index (Phi) is 2.92. The van der Waals surface area contributed by atoms with E-state index in [9.17, 15) is 0 Å². The molecule has 1 N–H and O–H groups in total. The average Bonchev–Trinajstić information content (AvgIpc) is 2.81. The van der Waals surface area contributed by atoms with Crippen molar-refractivity contribution in [1.29, 1.82) is 0 Å². The summed E-state index contributed by atoms with van der Waals surface area (Å²) < 4.78 is 10.5. The summed E-state index contributed by atoms with van der Waals surface area (Å²) in [5, 5.41) is 3.27. The fourth-order valence-electron chi connectivity index (χ4n) is 1.74. The van der Waals surface area contributed by atoms with Gasteiger partial charge in [-0.15, -0.1) is 0 Å². The van der Waals surface area contributed by atoms with E-state index in [1.165, 1.54) is 5.57 Å². The van der Waals surface area contributed by atoms with Crippen LogP contribution in [0.2, 0.25) is 0 Å². The van der Waals surface area contributed by atoms with Gasteiger partial charge in [0.1, 0.15) is 11.5 Å². The third-order valence-electron chi connectivity index (χ3n) is 2.56. The van der Waals surface area contributed by atoms with Crippen LogP contribution in [-0.4, -0.2) is 27.3 Å². The number of benzene rings is 1. The van der Waals surface area contributed by atoms with Gasteiger partial charge in [0.25, 0.3) is 0 Å². The molecule has 0 atom stereocenters. The van der Waals surface area contributed by atoms with Crippen molar-refractivity contribution in [1.82, 2.24) is 5.32 Å². The highest BCUT2D eigenvalue weighted by molar-refractivity contribution is 5.74. The maximum absolute atomic E-state index is 5.33. The number of methoxy groups -OCH3 is 2. The molecule has 1 aliphatic rings. The quantitative estimate of drug-likeness (QED) is 0.814. The highest BCUT2D eigenvalue weighted by Gasteiger charge is 2.12. The fraction of sp³-hybridized carbons (Fsp3) is 0.333. The molecule has 0 aliphatic carbocycles. The summed E-state index contributed by atoms with van der Waals surface area (Å²) in [4.78, 5) is 0. The third-order valence-corrected chi connectivity index (χ3v) is 2.56. The Morgan fingerprint density at radius 2 is 2.07 bits per heavy atom. The van der Waals surface area contributed by atoms with Gasteiger partial charge < -0.3 is 14.8 Å². The SMILES string of the molecule is COc1ccc(OC)c(C2=CCNC2)c1. The van der Waals surface area contributed by atoms with E-state index in [1.54, 1.807) is 14.2 Å². The van der Waals surface area contributed by atoms with Crippen LogP contribution in [0.25, 0.3) is 5.57 Å². The van der Waals surface area contributed by atoms with Crippen molar-refractivity contribution in [2.24, 2.45) is 0 Å². The van der Waals surface area contributed by atoms with Crippen molar-refractivity contribution < 1.29 is 9.47 Å². The molecule has 0 unspecified atom stereocenters. The summed E-state index contributed by atoms with van der Waals surface area (Å²) in [6, 6.07) is 5.86. The highest BCUT2D eigenvalue weighted by atomic mass is 16.5. The van der Waals surface area contributed by atoms with Crippen LogP contribution in [0, 0.1) is 0 Å². The first-order chi connectivity index (χ1) is 7.35. The van der Waals surface area contributed by atoms with Crippen LogP contribution in [0.4, 0.5) is 0 Å². The van der Waals surface area contributed by atoms with Gasteiger partial charge in [0.2, 0.25) is 0 Å². The summed E-state index contributed by atoms with van der Waals surface area (Å²) in [7, 11) is 3.36. The molecular weight excluding hydrogens is 190 g/mol. The van der Waals surface area contributed by atoms with E-state index in [0.29, 0.717) is 0 Å². The third kappa shape index (κ3) is 1.97. The largest absolute Gasteiger partial charge is 0.497 e. The zero-order chi connectivity index (χ0) is 10.7. The molecule has 0 saturated carbocycles. The van der Waals surface area contributed by atoms with Gasteiger partial charge in [-0.3, -0.25) is 0 Å². The lowest BCUT2D eigenvalue weighted by Gasteiger charge is -2.10. The molecule has 3 nitrogen and oxygen atoms in total. The first-order valence-electron chi connectivity index (χ1n) is 4.97. The Morgan fingerprint density at radius 3 is 2.67 bits per heavy atom. The number of hydrogen-bond donors (Lipinski definition) is 1. The number of nitrogens with one attached hydrogen (secondary N) is 1. The minimum Gasteiger partial charge on any atom is -0.497 e. The normalized spacial score (nSPS) is 14.9. The van der Waals surface area contributed by atoms with Gasteiger partial charge >= 0.3 is 0 Å². The molecule has 0 aromatic heterocycles. The van der Waals surface area contributed by atoms with Gasteiger partial charge in [-0.2, -0.15) is 0 Å². The van der Waals surface area contributed by atoms with E-state index >= 15 is 0 Å². The molecule has 0 amide bonds. The smallest absolute Gasteiger partial charge is 0.126 e. The predicted molar refractivity (Wildman–Crippen MR) is 60.4 cm³/mol. The van der Waals surface area contributed by atoms with Crippen LogP contribution in [0.1, 0.15) is 5.56 Å². The van der Waals surface area contributed by atoms with Crippen molar-refractivity contribution in [3.63, 3.8) is 0 Å². The van der Waals surface area contributed by atoms with Crippen LogP contribution < -0.4 is 14.8 Å². The number of hydrogen-bond acceptors (Lipinski definition) is 3. The molecule has 0 saturated heterocycles. The fourth-order valence-corrected chi connectivity index (χ4v) is 1.74. The van der Waals surface area contributed by atoms with Gasteiger partial charge in [-0.25, -0.2) is 0 Å². The zero-order valence-corrected chi connectivity index (χ0v) is 9.04. The van der Waals surface area contributed by atoms with E-state index in [-0.39, 0.29) is 0 Å². The second-order valence-corrected chi connectivity index (χ2v) is 3.43. The topological polar surface area (TPSA) is 30.5 Å². The van der Waals surface area contributed by atoms with Gasteiger partial charge in [0, 0.05) is 18.7 Å². The molecule has 0 bridgehead atoms. The predicted octanol–water partition coefficient (Wildman–Crippen LogP) is 1.69. The molecular formula is C12H15NO2. The second kappa shape index (κ2) is 4.36. The Labute approximate surface area is 89.7 Å².